The van der Waals surface area contributed by atoms with Crippen LogP contribution in [0.4, 0.5) is 4.79 Å². The number of rotatable bonds is 3. The molecular weight excluding hydrogens is 138 g/mol. The van der Waals surface area contributed by atoms with E-state index in [0.717, 1.165) is 0 Å². The molecule has 0 radical (unpaired) electrons. The smallest absolute Gasteiger partial charge is 0.328 e. The Bertz CT molecular complexity index is 108. The Morgan fingerprint density at radius 2 is 2.30 bits per heavy atom. The van der Waals surface area contributed by atoms with Gasteiger partial charge in [0.15, 0.2) is 0 Å². The number of aliphatic hydroxyl groups excluding tert-OH is 2. The van der Waals surface area contributed by atoms with Gasteiger partial charge >= 0.3 is 6.03 Å². The molecule has 0 heterocycles. The molecule has 0 aromatic rings. The first-order valence-corrected chi connectivity index (χ1v) is 2.74. The first kappa shape index (κ1) is 9.15. The summed E-state index contributed by atoms with van der Waals surface area (Å²) in [6.45, 7) is -0.398. The number of nitrogens with two attached hydrogens (primary N) is 1. The van der Waals surface area contributed by atoms with Crippen molar-refractivity contribution in [3.63, 3.8) is 0 Å². The largest absolute Gasteiger partial charge is 0.394 e. The Hall–Kier alpha value is -0.850. The number of hydrogen-bond donors (Lipinski definition) is 5. The van der Waals surface area contributed by atoms with E-state index in [4.69, 9.17) is 16.1 Å². The van der Waals surface area contributed by atoms with Crippen molar-refractivity contribution in [1.82, 2.24) is 10.7 Å². The topological polar surface area (TPSA) is 108 Å². The maximum atomic E-state index is 10.3. The molecule has 0 spiro atoms. The van der Waals surface area contributed by atoms with E-state index in [-0.39, 0.29) is 13.2 Å². The van der Waals surface area contributed by atoms with E-state index >= 15 is 0 Å². The number of amides is 2. The zero-order chi connectivity index (χ0) is 7.98. The SMILES string of the molecule is NNC(=O)NC[C@H](O)CO. The lowest BCUT2D eigenvalue weighted by atomic mass is 10.4. The summed E-state index contributed by atoms with van der Waals surface area (Å²) in [5.41, 5.74) is 1.80. The molecular formula is C4H11N3O3. The van der Waals surface area contributed by atoms with Crippen LogP contribution in [-0.2, 0) is 0 Å². The zero-order valence-electron chi connectivity index (χ0n) is 5.37. The minimum Gasteiger partial charge on any atom is -0.394 e. The van der Waals surface area contributed by atoms with Crippen LogP contribution in [0, 0.1) is 0 Å². The predicted octanol–water partition coefficient (Wildman–Crippen LogP) is -2.49. The van der Waals surface area contributed by atoms with Gasteiger partial charge in [-0.3, -0.25) is 5.43 Å². The number of hydrazine groups is 1. The fourth-order valence-corrected chi connectivity index (χ4v) is 0.326. The van der Waals surface area contributed by atoms with Gasteiger partial charge in [-0.05, 0) is 0 Å². The summed E-state index contributed by atoms with van der Waals surface area (Å²) in [5.74, 6) is 4.69. The van der Waals surface area contributed by atoms with Gasteiger partial charge in [-0.2, -0.15) is 0 Å². The van der Waals surface area contributed by atoms with Crippen molar-refractivity contribution in [2.75, 3.05) is 13.2 Å². The summed E-state index contributed by atoms with van der Waals surface area (Å²) in [6.07, 6.45) is -0.933. The number of carbonyl (C=O) groups is 1. The molecule has 10 heavy (non-hydrogen) atoms. The fourth-order valence-electron chi connectivity index (χ4n) is 0.326. The van der Waals surface area contributed by atoms with Crippen LogP contribution in [0.25, 0.3) is 0 Å². The normalized spacial score (nSPS) is 12.3. The first-order valence-electron chi connectivity index (χ1n) is 2.74. The number of hydrogen-bond acceptors (Lipinski definition) is 4. The fraction of sp³-hybridized carbons (Fsp3) is 0.750. The lowest BCUT2D eigenvalue weighted by Gasteiger charge is -2.07. The molecule has 0 aliphatic rings. The van der Waals surface area contributed by atoms with Crippen molar-refractivity contribution in [2.45, 2.75) is 6.10 Å². The molecule has 0 unspecified atom stereocenters. The van der Waals surface area contributed by atoms with Gasteiger partial charge < -0.3 is 15.5 Å². The summed E-state index contributed by atoms with van der Waals surface area (Å²) >= 11 is 0. The molecule has 0 aromatic carbocycles. The van der Waals surface area contributed by atoms with Crippen LogP contribution in [0.15, 0.2) is 0 Å². The van der Waals surface area contributed by atoms with Gasteiger partial charge in [-0.15, -0.1) is 0 Å². The average Bonchev–Trinajstić information content (AvgIpc) is 1.99. The Balaban J connectivity index is 3.26. The lowest BCUT2D eigenvalue weighted by Crippen LogP contribution is -2.43. The zero-order valence-corrected chi connectivity index (χ0v) is 5.37. The van der Waals surface area contributed by atoms with E-state index in [1.165, 1.54) is 0 Å². The Kier molecular flexibility index (Phi) is 4.55. The van der Waals surface area contributed by atoms with Gasteiger partial charge in [-0.25, -0.2) is 10.6 Å². The molecule has 2 amide bonds. The highest BCUT2D eigenvalue weighted by atomic mass is 16.3. The van der Waals surface area contributed by atoms with E-state index in [0.29, 0.717) is 0 Å². The van der Waals surface area contributed by atoms with Crippen molar-refractivity contribution < 1.29 is 15.0 Å². The third-order valence-corrected chi connectivity index (χ3v) is 0.840. The molecule has 0 aliphatic heterocycles. The second kappa shape index (κ2) is 4.98. The third kappa shape index (κ3) is 4.07. The third-order valence-electron chi connectivity index (χ3n) is 0.840. The van der Waals surface area contributed by atoms with E-state index in [1.807, 2.05) is 0 Å². The van der Waals surface area contributed by atoms with Crippen molar-refractivity contribution in [2.24, 2.45) is 5.84 Å². The lowest BCUT2D eigenvalue weighted by molar-refractivity contribution is 0.0959. The van der Waals surface area contributed by atoms with E-state index < -0.39 is 12.1 Å². The van der Waals surface area contributed by atoms with Crippen LogP contribution in [0.3, 0.4) is 0 Å². The van der Waals surface area contributed by atoms with Crippen LogP contribution in [0.2, 0.25) is 0 Å². The average molecular weight is 149 g/mol. The molecule has 0 fully saturated rings. The van der Waals surface area contributed by atoms with Crippen LogP contribution < -0.4 is 16.6 Å². The van der Waals surface area contributed by atoms with E-state index in [2.05, 4.69) is 5.32 Å². The van der Waals surface area contributed by atoms with E-state index in [1.54, 1.807) is 5.43 Å². The van der Waals surface area contributed by atoms with Crippen LogP contribution in [-0.4, -0.2) is 35.5 Å². The Morgan fingerprint density at radius 1 is 1.70 bits per heavy atom. The molecule has 60 valence electrons. The molecule has 0 bridgehead atoms. The quantitative estimate of drug-likeness (QED) is 0.174. The first-order chi connectivity index (χ1) is 4.70. The number of nitrogens with one attached hydrogen (secondary N) is 2. The summed E-state index contributed by atoms with van der Waals surface area (Å²) in [4.78, 5) is 10.3. The van der Waals surface area contributed by atoms with Gasteiger partial charge in [-0.1, -0.05) is 0 Å². The minimum atomic E-state index is -0.933. The summed E-state index contributed by atoms with van der Waals surface area (Å²) in [7, 11) is 0. The van der Waals surface area contributed by atoms with Crippen LogP contribution >= 0.6 is 0 Å². The summed E-state index contributed by atoms with van der Waals surface area (Å²) in [6, 6.07) is -0.590. The molecule has 1 atom stereocenters. The molecule has 6 heteroatoms. The number of aliphatic hydroxyl groups is 2. The van der Waals surface area contributed by atoms with Crippen molar-refractivity contribution >= 4 is 6.03 Å². The standard InChI is InChI=1S/C4H11N3O3/c5-7-4(10)6-1-3(9)2-8/h3,8-9H,1-2,5H2,(H2,6,7,10)/t3-/m0/s1. The van der Waals surface area contributed by atoms with Gasteiger partial charge in [0.2, 0.25) is 0 Å². The Labute approximate surface area is 58.0 Å². The highest BCUT2D eigenvalue weighted by molar-refractivity contribution is 5.72. The molecule has 0 aliphatic carbocycles. The maximum absolute atomic E-state index is 10.3. The number of urea groups is 1. The number of carbonyl (C=O) groups excluding carboxylic acids is 1. The van der Waals surface area contributed by atoms with Gasteiger partial charge in [0.05, 0.1) is 12.7 Å². The highest BCUT2D eigenvalue weighted by Gasteiger charge is 2.02. The van der Waals surface area contributed by atoms with Gasteiger partial charge in [0.1, 0.15) is 0 Å². The van der Waals surface area contributed by atoms with Crippen LogP contribution in [0.1, 0.15) is 0 Å². The monoisotopic (exact) mass is 149 g/mol. The molecule has 0 aromatic heterocycles. The second-order valence-corrected chi connectivity index (χ2v) is 1.69. The van der Waals surface area contributed by atoms with Crippen LogP contribution in [0.5, 0.6) is 0 Å². The maximum Gasteiger partial charge on any atom is 0.328 e. The molecule has 0 saturated heterocycles. The molecule has 0 rings (SSSR count). The van der Waals surface area contributed by atoms with Crippen molar-refractivity contribution in [1.29, 1.82) is 0 Å². The molecule has 6 nitrogen and oxygen atoms in total. The summed E-state index contributed by atoms with van der Waals surface area (Å²) < 4.78 is 0. The van der Waals surface area contributed by atoms with E-state index in [9.17, 15) is 4.79 Å². The van der Waals surface area contributed by atoms with Crippen molar-refractivity contribution in [3.05, 3.63) is 0 Å². The second-order valence-electron chi connectivity index (χ2n) is 1.69. The minimum absolute atomic E-state index is 0.0144. The molecule has 6 N–H and O–H groups in total. The van der Waals surface area contributed by atoms with Crippen molar-refractivity contribution in [3.8, 4) is 0 Å². The van der Waals surface area contributed by atoms with Gasteiger partial charge in [0.25, 0.3) is 0 Å². The Morgan fingerprint density at radius 3 is 2.70 bits per heavy atom. The summed E-state index contributed by atoms with van der Waals surface area (Å²) in [5, 5.41) is 19.1. The molecule has 0 saturated carbocycles. The van der Waals surface area contributed by atoms with Gasteiger partial charge in [0, 0.05) is 6.54 Å². The highest BCUT2D eigenvalue weighted by Crippen LogP contribution is 1.75. The predicted molar refractivity (Wildman–Crippen MR) is 33.8 cm³/mol.